The molecule has 0 atom stereocenters. The lowest BCUT2D eigenvalue weighted by Crippen LogP contribution is -2.11. The fraction of sp³-hybridized carbons (Fsp3) is 0.154. The van der Waals surface area contributed by atoms with E-state index >= 15 is 0 Å². The predicted molar refractivity (Wildman–Crippen MR) is 67.2 cm³/mol. The van der Waals surface area contributed by atoms with Gasteiger partial charge in [0.2, 0.25) is 5.78 Å². The second-order valence-electron chi connectivity index (χ2n) is 4.07. The summed E-state index contributed by atoms with van der Waals surface area (Å²) in [5.74, 6) is 0.322. The number of hydrogen-bond donors (Lipinski definition) is 1. The number of ketones is 1. The zero-order valence-electron chi connectivity index (χ0n) is 10.2. The van der Waals surface area contributed by atoms with Crippen molar-refractivity contribution in [3.63, 3.8) is 0 Å². The topological polar surface area (TPSA) is 81.0 Å². The standard InChI is InChI=1S/C13H11N3O3/c1-8-15-13(19-16-8)18-7-12(17)10-6-14-11-5-3-2-4-9(10)11/h2-6,14H,7H2,1H3. The van der Waals surface area contributed by atoms with Crippen LogP contribution in [0, 0.1) is 6.92 Å². The van der Waals surface area contributed by atoms with Crippen LogP contribution >= 0.6 is 0 Å². The third-order valence-corrected chi connectivity index (χ3v) is 2.73. The first-order valence-electron chi connectivity index (χ1n) is 5.76. The molecule has 0 spiro atoms. The van der Waals surface area contributed by atoms with Crippen LogP contribution in [0.1, 0.15) is 16.2 Å². The Hall–Kier alpha value is -2.63. The lowest BCUT2D eigenvalue weighted by molar-refractivity contribution is 0.0886. The van der Waals surface area contributed by atoms with Crippen LogP contribution in [-0.4, -0.2) is 27.5 Å². The van der Waals surface area contributed by atoms with Crippen LogP contribution < -0.4 is 4.74 Å². The van der Waals surface area contributed by atoms with Gasteiger partial charge in [0, 0.05) is 22.7 Å². The molecule has 0 unspecified atom stereocenters. The Balaban J connectivity index is 1.77. The molecule has 6 nitrogen and oxygen atoms in total. The molecule has 2 heterocycles. The number of fused-ring (bicyclic) bond motifs is 1. The molecule has 3 aromatic rings. The molecule has 1 aromatic carbocycles. The Morgan fingerprint density at radius 2 is 2.26 bits per heavy atom. The highest BCUT2D eigenvalue weighted by Crippen LogP contribution is 2.18. The molecule has 0 amide bonds. The number of aromatic amines is 1. The number of aryl methyl sites for hydroxylation is 1. The smallest absolute Gasteiger partial charge is 0.417 e. The van der Waals surface area contributed by atoms with E-state index in [1.165, 1.54) is 0 Å². The van der Waals surface area contributed by atoms with Crippen molar-refractivity contribution >= 4 is 16.7 Å². The number of H-pyrrole nitrogens is 1. The minimum Gasteiger partial charge on any atom is -0.440 e. The van der Waals surface area contributed by atoms with Gasteiger partial charge in [-0.3, -0.25) is 9.32 Å². The second-order valence-corrected chi connectivity index (χ2v) is 4.07. The summed E-state index contributed by atoms with van der Waals surface area (Å²) in [7, 11) is 0. The van der Waals surface area contributed by atoms with Gasteiger partial charge in [0.15, 0.2) is 12.4 Å². The molecule has 0 aliphatic rings. The highest BCUT2D eigenvalue weighted by atomic mass is 16.6. The Labute approximate surface area is 108 Å². The van der Waals surface area contributed by atoms with Crippen LogP contribution in [0.15, 0.2) is 35.0 Å². The van der Waals surface area contributed by atoms with Crippen molar-refractivity contribution in [3.8, 4) is 6.08 Å². The molecule has 0 bridgehead atoms. The number of aromatic nitrogens is 3. The monoisotopic (exact) mass is 257 g/mol. The number of hydrogen-bond acceptors (Lipinski definition) is 5. The van der Waals surface area contributed by atoms with E-state index in [2.05, 4.69) is 15.1 Å². The van der Waals surface area contributed by atoms with E-state index < -0.39 is 0 Å². The number of nitrogens with zero attached hydrogens (tertiary/aromatic N) is 2. The van der Waals surface area contributed by atoms with Gasteiger partial charge in [0.25, 0.3) is 0 Å². The van der Waals surface area contributed by atoms with Crippen molar-refractivity contribution in [1.82, 2.24) is 15.1 Å². The number of rotatable bonds is 4. The Kier molecular flexibility index (Phi) is 2.75. The summed E-state index contributed by atoms with van der Waals surface area (Å²) < 4.78 is 9.93. The average Bonchev–Trinajstić information content (AvgIpc) is 3.02. The molecule has 0 saturated heterocycles. The largest absolute Gasteiger partial charge is 0.440 e. The molecular weight excluding hydrogens is 246 g/mol. The quantitative estimate of drug-likeness (QED) is 0.724. The lowest BCUT2D eigenvalue weighted by atomic mass is 10.1. The van der Waals surface area contributed by atoms with Crippen LogP contribution in [0.4, 0.5) is 0 Å². The van der Waals surface area contributed by atoms with Gasteiger partial charge in [-0.1, -0.05) is 23.4 Å². The van der Waals surface area contributed by atoms with Crippen LogP contribution in [0.3, 0.4) is 0 Å². The van der Waals surface area contributed by atoms with Crippen molar-refractivity contribution in [3.05, 3.63) is 41.9 Å². The van der Waals surface area contributed by atoms with Crippen molar-refractivity contribution in [1.29, 1.82) is 0 Å². The van der Waals surface area contributed by atoms with E-state index in [1.807, 2.05) is 24.3 Å². The number of benzene rings is 1. The average molecular weight is 257 g/mol. The Bertz CT molecular complexity index is 729. The van der Waals surface area contributed by atoms with Crippen molar-refractivity contribution < 1.29 is 14.1 Å². The molecule has 96 valence electrons. The molecule has 19 heavy (non-hydrogen) atoms. The van der Waals surface area contributed by atoms with Crippen LogP contribution in [0.2, 0.25) is 0 Å². The molecular formula is C13H11N3O3. The minimum absolute atomic E-state index is 0.00527. The molecule has 6 heteroatoms. The number of nitrogens with one attached hydrogen (secondary N) is 1. The van der Waals surface area contributed by atoms with Crippen LogP contribution in [0.25, 0.3) is 10.9 Å². The number of para-hydroxylation sites is 1. The maximum atomic E-state index is 12.1. The van der Waals surface area contributed by atoms with E-state index in [0.717, 1.165) is 10.9 Å². The first-order valence-corrected chi connectivity index (χ1v) is 5.76. The van der Waals surface area contributed by atoms with Crippen molar-refractivity contribution in [2.24, 2.45) is 0 Å². The molecule has 2 aromatic heterocycles. The molecule has 0 fully saturated rings. The van der Waals surface area contributed by atoms with E-state index in [-0.39, 0.29) is 18.5 Å². The summed E-state index contributed by atoms with van der Waals surface area (Å²) in [6.07, 6.45) is 1.68. The van der Waals surface area contributed by atoms with Gasteiger partial charge in [-0.05, 0) is 13.0 Å². The summed E-state index contributed by atoms with van der Waals surface area (Å²) >= 11 is 0. The van der Waals surface area contributed by atoms with Gasteiger partial charge in [0.1, 0.15) is 0 Å². The van der Waals surface area contributed by atoms with Gasteiger partial charge in [-0.2, -0.15) is 4.98 Å². The molecule has 0 saturated carbocycles. The van der Waals surface area contributed by atoms with E-state index in [9.17, 15) is 4.79 Å². The summed E-state index contributed by atoms with van der Waals surface area (Å²) in [5, 5.41) is 4.45. The summed E-state index contributed by atoms with van der Waals surface area (Å²) in [6, 6.07) is 7.59. The first kappa shape index (κ1) is 11.5. The number of carbonyl (C=O) groups excluding carboxylic acids is 1. The van der Waals surface area contributed by atoms with Gasteiger partial charge in [0.05, 0.1) is 0 Å². The third kappa shape index (κ3) is 2.20. The fourth-order valence-electron chi connectivity index (χ4n) is 1.84. The number of ether oxygens (including phenoxy) is 1. The van der Waals surface area contributed by atoms with Gasteiger partial charge in [-0.15, -0.1) is 0 Å². The van der Waals surface area contributed by atoms with Gasteiger partial charge in [-0.25, -0.2) is 0 Å². The molecule has 0 aliphatic carbocycles. The van der Waals surface area contributed by atoms with Crippen molar-refractivity contribution in [2.45, 2.75) is 6.92 Å². The summed E-state index contributed by atoms with van der Waals surface area (Å²) in [4.78, 5) is 19.0. The fourth-order valence-corrected chi connectivity index (χ4v) is 1.84. The molecule has 1 N–H and O–H groups in total. The van der Waals surface area contributed by atoms with E-state index in [0.29, 0.717) is 11.4 Å². The third-order valence-electron chi connectivity index (χ3n) is 2.73. The van der Waals surface area contributed by atoms with Crippen LogP contribution in [0.5, 0.6) is 6.08 Å². The summed E-state index contributed by atoms with van der Waals surface area (Å²) in [6.45, 7) is 1.54. The van der Waals surface area contributed by atoms with E-state index in [4.69, 9.17) is 9.26 Å². The zero-order valence-corrected chi connectivity index (χ0v) is 10.2. The number of Topliss-reactive ketones (excluding diaryl/α,β-unsaturated/α-hetero) is 1. The zero-order chi connectivity index (χ0) is 13.2. The minimum atomic E-state index is -0.145. The van der Waals surface area contributed by atoms with Crippen molar-refractivity contribution in [2.75, 3.05) is 6.61 Å². The molecule has 3 rings (SSSR count). The molecule has 0 aliphatic heterocycles. The van der Waals surface area contributed by atoms with E-state index in [1.54, 1.807) is 13.1 Å². The van der Waals surface area contributed by atoms with Crippen LogP contribution in [-0.2, 0) is 0 Å². The SMILES string of the molecule is Cc1noc(OCC(=O)c2c[nH]c3ccccc23)n1. The highest BCUT2D eigenvalue weighted by Gasteiger charge is 2.14. The second kappa shape index (κ2) is 4.56. The van der Waals surface area contributed by atoms with Gasteiger partial charge >= 0.3 is 6.08 Å². The summed E-state index contributed by atoms with van der Waals surface area (Å²) in [5.41, 5.74) is 1.51. The lowest BCUT2D eigenvalue weighted by Gasteiger charge is -1.99. The Morgan fingerprint density at radius 3 is 3.05 bits per heavy atom. The first-order chi connectivity index (χ1) is 9.24. The Morgan fingerprint density at radius 1 is 1.42 bits per heavy atom. The predicted octanol–water partition coefficient (Wildman–Crippen LogP) is 2.12. The van der Waals surface area contributed by atoms with Gasteiger partial charge < -0.3 is 9.72 Å². The maximum Gasteiger partial charge on any atom is 0.417 e. The number of carbonyl (C=O) groups is 1. The highest BCUT2D eigenvalue weighted by molar-refractivity contribution is 6.08. The maximum absolute atomic E-state index is 12.1. The molecule has 0 radical (unpaired) electrons. The normalized spacial score (nSPS) is 10.8.